The summed E-state index contributed by atoms with van der Waals surface area (Å²) in [6, 6.07) is 14.2. The predicted octanol–water partition coefficient (Wildman–Crippen LogP) is 5.64. The Labute approximate surface area is 178 Å². The zero-order valence-corrected chi connectivity index (χ0v) is 18.3. The fraction of sp³-hybridized carbons (Fsp3) is 0.435. The van der Waals surface area contributed by atoms with Gasteiger partial charge in [0, 0.05) is 31.9 Å². The summed E-state index contributed by atoms with van der Waals surface area (Å²) in [6.45, 7) is 9.47. The molecule has 3 nitrogen and oxygen atoms in total. The average molecular weight is 419 g/mol. The van der Waals surface area contributed by atoms with E-state index in [1.54, 1.807) is 0 Å². The zero-order valence-electron chi connectivity index (χ0n) is 16.8. The molecule has 5 heteroatoms. The SMILES string of the molecule is CC(C)Cc1ccc(C(C)C(=O)N2CCN(c3ccc(Cl)c(Cl)c3)CC2)cc1. The number of amides is 1. The highest BCUT2D eigenvalue weighted by atomic mass is 35.5. The number of nitrogens with zero attached hydrogens (tertiary/aromatic N) is 2. The van der Waals surface area contributed by atoms with Gasteiger partial charge in [-0.15, -0.1) is 0 Å². The first kappa shape index (κ1) is 21.0. The molecule has 0 bridgehead atoms. The maximum Gasteiger partial charge on any atom is 0.229 e. The topological polar surface area (TPSA) is 23.6 Å². The van der Waals surface area contributed by atoms with Gasteiger partial charge in [0.2, 0.25) is 5.91 Å². The molecule has 1 amide bonds. The number of anilines is 1. The van der Waals surface area contributed by atoms with Crippen LogP contribution in [0.25, 0.3) is 0 Å². The minimum absolute atomic E-state index is 0.121. The molecule has 1 fully saturated rings. The van der Waals surface area contributed by atoms with Gasteiger partial charge in [-0.1, -0.05) is 61.3 Å². The third-order valence-corrected chi connectivity index (χ3v) is 6.09. The molecule has 1 atom stereocenters. The maximum atomic E-state index is 13.0. The molecule has 1 unspecified atom stereocenters. The van der Waals surface area contributed by atoms with E-state index in [1.807, 2.05) is 30.0 Å². The normalized spacial score (nSPS) is 15.8. The van der Waals surface area contributed by atoms with Crippen LogP contribution >= 0.6 is 23.2 Å². The maximum absolute atomic E-state index is 13.0. The van der Waals surface area contributed by atoms with E-state index in [2.05, 4.69) is 43.0 Å². The highest BCUT2D eigenvalue weighted by molar-refractivity contribution is 6.42. The fourth-order valence-electron chi connectivity index (χ4n) is 3.70. The van der Waals surface area contributed by atoms with Crippen molar-refractivity contribution in [2.45, 2.75) is 33.1 Å². The Morgan fingerprint density at radius 1 is 0.929 bits per heavy atom. The van der Waals surface area contributed by atoms with Gasteiger partial charge in [-0.3, -0.25) is 4.79 Å². The second-order valence-electron chi connectivity index (χ2n) is 7.97. The first-order valence-corrected chi connectivity index (χ1v) is 10.7. The van der Waals surface area contributed by atoms with Crippen LogP contribution in [0, 0.1) is 5.92 Å². The van der Waals surface area contributed by atoms with Gasteiger partial charge in [-0.25, -0.2) is 0 Å². The zero-order chi connectivity index (χ0) is 20.3. The Morgan fingerprint density at radius 2 is 1.57 bits per heavy atom. The largest absolute Gasteiger partial charge is 0.368 e. The monoisotopic (exact) mass is 418 g/mol. The first-order valence-electron chi connectivity index (χ1n) is 9.92. The van der Waals surface area contributed by atoms with E-state index in [1.165, 1.54) is 5.56 Å². The summed E-state index contributed by atoms with van der Waals surface area (Å²) in [4.78, 5) is 17.2. The number of benzene rings is 2. The lowest BCUT2D eigenvalue weighted by atomic mass is 9.95. The van der Waals surface area contributed by atoms with E-state index >= 15 is 0 Å². The second-order valence-corrected chi connectivity index (χ2v) is 8.79. The van der Waals surface area contributed by atoms with E-state index in [0.717, 1.165) is 43.9 Å². The van der Waals surface area contributed by atoms with Crippen molar-refractivity contribution in [1.29, 1.82) is 0 Å². The lowest BCUT2D eigenvalue weighted by molar-refractivity contribution is -0.132. The van der Waals surface area contributed by atoms with Gasteiger partial charge in [-0.2, -0.15) is 0 Å². The Kier molecular flexibility index (Phi) is 6.90. The number of carbonyl (C=O) groups excluding carboxylic acids is 1. The lowest BCUT2D eigenvalue weighted by Crippen LogP contribution is -2.49. The van der Waals surface area contributed by atoms with Crippen molar-refractivity contribution in [1.82, 2.24) is 4.90 Å². The number of piperazine rings is 1. The predicted molar refractivity (Wildman–Crippen MR) is 119 cm³/mol. The van der Waals surface area contributed by atoms with Crippen molar-refractivity contribution in [3.05, 3.63) is 63.6 Å². The van der Waals surface area contributed by atoms with Crippen LogP contribution in [-0.2, 0) is 11.2 Å². The van der Waals surface area contributed by atoms with Gasteiger partial charge in [0.05, 0.1) is 16.0 Å². The van der Waals surface area contributed by atoms with Gasteiger partial charge >= 0.3 is 0 Å². The molecule has 0 aliphatic carbocycles. The van der Waals surface area contributed by atoms with Crippen LogP contribution in [0.1, 0.15) is 37.8 Å². The van der Waals surface area contributed by atoms with Crippen LogP contribution in [0.5, 0.6) is 0 Å². The molecule has 0 spiro atoms. The smallest absolute Gasteiger partial charge is 0.229 e. The van der Waals surface area contributed by atoms with Crippen molar-refractivity contribution in [2.24, 2.45) is 5.92 Å². The molecule has 0 N–H and O–H groups in total. The fourth-order valence-corrected chi connectivity index (χ4v) is 3.99. The molecule has 2 aromatic rings. The quantitative estimate of drug-likeness (QED) is 0.626. The third kappa shape index (κ3) is 5.01. The number of hydrogen-bond acceptors (Lipinski definition) is 2. The van der Waals surface area contributed by atoms with Crippen molar-refractivity contribution in [2.75, 3.05) is 31.1 Å². The number of rotatable bonds is 5. The summed E-state index contributed by atoms with van der Waals surface area (Å²) in [5.41, 5.74) is 3.47. The highest BCUT2D eigenvalue weighted by Gasteiger charge is 2.26. The molecular weight excluding hydrogens is 391 g/mol. The molecule has 0 aromatic heterocycles. The minimum atomic E-state index is -0.121. The molecule has 150 valence electrons. The first-order chi connectivity index (χ1) is 13.3. The summed E-state index contributed by atoms with van der Waals surface area (Å²) < 4.78 is 0. The van der Waals surface area contributed by atoms with E-state index in [-0.39, 0.29) is 11.8 Å². The molecule has 1 saturated heterocycles. The van der Waals surface area contributed by atoms with Crippen LogP contribution in [0.2, 0.25) is 10.0 Å². The molecule has 1 aliphatic heterocycles. The van der Waals surface area contributed by atoms with Gasteiger partial charge in [0.1, 0.15) is 0 Å². The molecule has 0 radical (unpaired) electrons. The Morgan fingerprint density at radius 3 is 2.14 bits per heavy atom. The summed E-state index contributed by atoms with van der Waals surface area (Å²) in [5.74, 6) is 0.715. The highest BCUT2D eigenvalue weighted by Crippen LogP contribution is 2.28. The van der Waals surface area contributed by atoms with Crippen LogP contribution in [0.4, 0.5) is 5.69 Å². The third-order valence-electron chi connectivity index (χ3n) is 5.35. The van der Waals surface area contributed by atoms with Crippen LogP contribution < -0.4 is 4.90 Å². The molecular formula is C23H28Cl2N2O. The van der Waals surface area contributed by atoms with E-state index < -0.39 is 0 Å². The van der Waals surface area contributed by atoms with Crippen LogP contribution in [-0.4, -0.2) is 37.0 Å². The Bertz CT molecular complexity index is 812. The second kappa shape index (κ2) is 9.19. The van der Waals surface area contributed by atoms with Gasteiger partial charge in [0.15, 0.2) is 0 Å². The number of carbonyl (C=O) groups is 1. The average Bonchev–Trinajstić information content (AvgIpc) is 2.69. The minimum Gasteiger partial charge on any atom is -0.368 e. The van der Waals surface area contributed by atoms with Crippen LogP contribution in [0.15, 0.2) is 42.5 Å². The van der Waals surface area contributed by atoms with Crippen molar-refractivity contribution >= 4 is 34.8 Å². The van der Waals surface area contributed by atoms with Gasteiger partial charge in [-0.05, 0) is 48.6 Å². The molecule has 28 heavy (non-hydrogen) atoms. The van der Waals surface area contributed by atoms with Crippen LogP contribution in [0.3, 0.4) is 0 Å². The summed E-state index contributed by atoms with van der Waals surface area (Å²) >= 11 is 12.1. The number of hydrogen-bond donors (Lipinski definition) is 0. The van der Waals surface area contributed by atoms with E-state index in [4.69, 9.17) is 23.2 Å². The molecule has 1 aliphatic rings. The molecule has 1 heterocycles. The van der Waals surface area contributed by atoms with E-state index in [9.17, 15) is 4.79 Å². The standard InChI is InChI=1S/C23H28Cl2N2O/c1-16(2)14-18-4-6-19(7-5-18)17(3)23(28)27-12-10-26(11-13-27)20-8-9-21(24)22(25)15-20/h4-9,15-17H,10-14H2,1-3H3. The Hall–Kier alpha value is -1.71. The van der Waals surface area contributed by atoms with Crippen molar-refractivity contribution < 1.29 is 4.79 Å². The summed E-state index contributed by atoms with van der Waals surface area (Å²) in [7, 11) is 0. The van der Waals surface area contributed by atoms with Gasteiger partial charge in [0.25, 0.3) is 0 Å². The lowest BCUT2D eigenvalue weighted by Gasteiger charge is -2.37. The summed E-state index contributed by atoms with van der Waals surface area (Å²) in [5, 5.41) is 1.12. The molecule has 2 aromatic carbocycles. The Balaban J connectivity index is 1.59. The van der Waals surface area contributed by atoms with Crippen molar-refractivity contribution in [3.63, 3.8) is 0 Å². The number of halogens is 2. The van der Waals surface area contributed by atoms with Crippen molar-refractivity contribution in [3.8, 4) is 0 Å². The van der Waals surface area contributed by atoms with E-state index in [0.29, 0.717) is 16.0 Å². The van der Waals surface area contributed by atoms with Gasteiger partial charge < -0.3 is 9.80 Å². The molecule has 3 rings (SSSR count). The molecule has 0 saturated carbocycles. The summed E-state index contributed by atoms with van der Waals surface area (Å²) in [6.07, 6.45) is 1.07.